The minimum absolute atomic E-state index is 0.0537. The van der Waals surface area contributed by atoms with Gasteiger partial charge in [0.2, 0.25) is 5.91 Å². The summed E-state index contributed by atoms with van der Waals surface area (Å²) in [4.78, 5) is 12.0. The maximum absolute atomic E-state index is 12.0. The van der Waals surface area contributed by atoms with Gasteiger partial charge in [0.1, 0.15) is 5.75 Å². The van der Waals surface area contributed by atoms with E-state index in [1.54, 1.807) is 12.1 Å². The van der Waals surface area contributed by atoms with Gasteiger partial charge in [-0.05, 0) is 49.6 Å². The van der Waals surface area contributed by atoms with Crippen LogP contribution in [0, 0.1) is 20.8 Å². The largest absolute Gasteiger partial charge is 0.508 e. The van der Waals surface area contributed by atoms with Crippen molar-refractivity contribution in [3.63, 3.8) is 0 Å². The van der Waals surface area contributed by atoms with Crippen LogP contribution in [0.4, 0.5) is 5.69 Å². The predicted molar refractivity (Wildman–Crippen MR) is 81.1 cm³/mol. The number of carbonyl (C=O) groups excluding carboxylic acids is 1. The molecule has 2 aromatic rings. The van der Waals surface area contributed by atoms with E-state index in [9.17, 15) is 9.90 Å². The Bertz CT molecular complexity index is 630. The molecule has 0 aliphatic rings. The van der Waals surface area contributed by atoms with Crippen molar-refractivity contribution in [2.75, 3.05) is 5.32 Å². The summed E-state index contributed by atoms with van der Waals surface area (Å²) in [6.07, 6.45) is 0.347. The molecule has 0 radical (unpaired) electrons. The number of amides is 1. The third-order valence-electron chi connectivity index (χ3n) is 3.30. The first kappa shape index (κ1) is 14.1. The van der Waals surface area contributed by atoms with Crippen LogP contribution in [0.15, 0.2) is 36.4 Å². The van der Waals surface area contributed by atoms with E-state index < -0.39 is 0 Å². The van der Waals surface area contributed by atoms with E-state index in [-0.39, 0.29) is 11.7 Å². The average Bonchev–Trinajstić information content (AvgIpc) is 2.39. The Labute approximate surface area is 119 Å². The zero-order chi connectivity index (χ0) is 14.7. The number of phenolic OH excluding ortho intramolecular Hbond substituents is 1. The van der Waals surface area contributed by atoms with Crippen LogP contribution in [0.5, 0.6) is 5.75 Å². The normalized spacial score (nSPS) is 10.3. The number of phenols is 1. The van der Waals surface area contributed by atoms with E-state index in [2.05, 4.69) is 5.32 Å². The van der Waals surface area contributed by atoms with E-state index in [1.165, 1.54) is 5.56 Å². The van der Waals surface area contributed by atoms with Crippen molar-refractivity contribution in [2.45, 2.75) is 27.2 Å². The lowest BCUT2D eigenvalue weighted by Gasteiger charge is -2.11. The van der Waals surface area contributed by atoms with Crippen LogP contribution in [0.25, 0.3) is 0 Å². The molecule has 0 saturated heterocycles. The number of hydrogen-bond acceptors (Lipinski definition) is 2. The summed E-state index contributed by atoms with van der Waals surface area (Å²) in [5.41, 5.74) is 4.52. The topological polar surface area (TPSA) is 49.3 Å². The van der Waals surface area contributed by atoms with Gasteiger partial charge >= 0.3 is 0 Å². The number of rotatable bonds is 3. The van der Waals surface area contributed by atoms with Crippen molar-refractivity contribution >= 4 is 11.6 Å². The molecule has 0 aliphatic carbocycles. The third-order valence-corrected chi connectivity index (χ3v) is 3.30. The van der Waals surface area contributed by atoms with Gasteiger partial charge in [-0.15, -0.1) is 0 Å². The zero-order valence-electron chi connectivity index (χ0n) is 12.0. The van der Waals surface area contributed by atoms with Crippen LogP contribution >= 0.6 is 0 Å². The Hall–Kier alpha value is -2.29. The molecule has 104 valence electrons. The Morgan fingerprint density at radius 1 is 1.05 bits per heavy atom. The highest BCUT2D eigenvalue weighted by atomic mass is 16.3. The number of hydrogen-bond donors (Lipinski definition) is 2. The maximum Gasteiger partial charge on any atom is 0.228 e. The molecule has 3 heteroatoms. The highest BCUT2D eigenvalue weighted by molar-refractivity contribution is 5.93. The molecule has 0 spiro atoms. The van der Waals surface area contributed by atoms with Crippen LogP contribution in [-0.2, 0) is 11.2 Å². The number of carbonyl (C=O) groups is 1. The Balaban J connectivity index is 2.08. The minimum Gasteiger partial charge on any atom is -0.508 e. The minimum atomic E-state index is -0.0537. The number of anilines is 1. The number of aryl methyl sites for hydroxylation is 3. The van der Waals surface area contributed by atoms with Gasteiger partial charge in [0, 0.05) is 5.69 Å². The van der Waals surface area contributed by atoms with E-state index in [0.29, 0.717) is 6.42 Å². The fourth-order valence-electron chi connectivity index (χ4n) is 2.02. The van der Waals surface area contributed by atoms with Gasteiger partial charge in [0.25, 0.3) is 0 Å². The van der Waals surface area contributed by atoms with Crippen molar-refractivity contribution in [2.24, 2.45) is 0 Å². The summed E-state index contributed by atoms with van der Waals surface area (Å²) in [6, 6.07) is 11.4. The highest BCUT2D eigenvalue weighted by Gasteiger charge is 2.08. The summed E-state index contributed by atoms with van der Waals surface area (Å²) in [7, 11) is 0. The molecule has 0 aliphatic heterocycles. The van der Waals surface area contributed by atoms with E-state index in [0.717, 1.165) is 22.4 Å². The van der Waals surface area contributed by atoms with Crippen LogP contribution in [0.2, 0.25) is 0 Å². The molecule has 0 fully saturated rings. The summed E-state index contributed by atoms with van der Waals surface area (Å²) in [5.74, 6) is 0.195. The molecule has 0 saturated carbocycles. The van der Waals surface area contributed by atoms with Gasteiger partial charge in [-0.2, -0.15) is 0 Å². The summed E-state index contributed by atoms with van der Waals surface area (Å²) < 4.78 is 0. The van der Waals surface area contributed by atoms with Crippen LogP contribution in [-0.4, -0.2) is 11.0 Å². The molecule has 3 nitrogen and oxygen atoms in total. The summed E-state index contributed by atoms with van der Waals surface area (Å²) in [5, 5.41) is 12.5. The molecule has 2 rings (SSSR count). The van der Waals surface area contributed by atoms with Crippen LogP contribution in [0.1, 0.15) is 22.3 Å². The molecule has 2 N–H and O–H groups in total. The lowest BCUT2D eigenvalue weighted by Crippen LogP contribution is -2.15. The molecule has 20 heavy (non-hydrogen) atoms. The Kier molecular flexibility index (Phi) is 4.08. The second-order valence-corrected chi connectivity index (χ2v) is 5.16. The smallest absolute Gasteiger partial charge is 0.228 e. The fraction of sp³-hybridized carbons (Fsp3) is 0.235. The fourth-order valence-corrected chi connectivity index (χ4v) is 2.02. The Morgan fingerprint density at radius 3 is 2.35 bits per heavy atom. The van der Waals surface area contributed by atoms with Crippen LogP contribution in [0.3, 0.4) is 0 Å². The lowest BCUT2D eigenvalue weighted by molar-refractivity contribution is -0.115. The molecule has 0 aromatic heterocycles. The first-order valence-electron chi connectivity index (χ1n) is 6.61. The SMILES string of the molecule is Cc1ccc(CC(=O)Nc2cc(C)c(O)cc2C)cc1. The van der Waals surface area contributed by atoms with Gasteiger partial charge < -0.3 is 10.4 Å². The number of nitrogens with one attached hydrogen (secondary N) is 1. The number of aromatic hydroxyl groups is 1. The second kappa shape index (κ2) is 5.78. The van der Waals surface area contributed by atoms with Crippen molar-refractivity contribution in [3.8, 4) is 5.75 Å². The first-order valence-corrected chi connectivity index (χ1v) is 6.61. The highest BCUT2D eigenvalue weighted by Crippen LogP contribution is 2.25. The van der Waals surface area contributed by atoms with Crippen molar-refractivity contribution in [1.29, 1.82) is 0 Å². The van der Waals surface area contributed by atoms with Crippen LogP contribution < -0.4 is 5.32 Å². The molecule has 0 bridgehead atoms. The molecular formula is C17H19NO2. The predicted octanol–water partition coefficient (Wildman–Crippen LogP) is 3.50. The van der Waals surface area contributed by atoms with Crippen molar-refractivity contribution < 1.29 is 9.90 Å². The van der Waals surface area contributed by atoms with E-state index >= 15 is 0 Å². The van der Waals surface area contributed by atoms with Gasteiger partial charge in [-0.1, -0.05) is 29.8 Å². The first-order chi connectivity index (χ1) is 9.45. The van der Waals surface area contributed by atoms with Gasteiger partial charge in [0.15, 0.2) is 0 Å². The standard InChI is InChI=1S/C17H19NO2/c1-11-4-6-14(7-5-11)10-17(20)18-15-8-13(3)16(19)9-12(15)2/h4-9,19H,10H2,1-3H3,(H,18,20). The van der Waals surface area contributed by atoms with Crippen molar-refractivity contribution in [3.05, 3.63) is 58.7 Å². The van der Waals surface area contributed by atoms with Gasteiger partial charge in [0.05, 0.1) is 6.42 Å². The third kappa shape index (κ3) is 3.38. The molecule has 2 aromatic carbocycles. The van der Waals surface area contributed by atoms with Gasteiger partial charge in [-0.3, -0.25) is 4.79 Å². The average molecular weight is 269 g/mol. The number of benzene rings is 2. The zero-order valence-corrected chi connectivity index (χ0v) is 12.0. The quantitative estimate of drug-likeness (QED) is 0.838. The van der Waals surface area contributed by atoms with Gasteiger partial charge in [-0.25, -0.2) is 0 Å². The molecule has 0 unspecified atom stereocenters. The monoisotopic (exact) mass is 269 g/mol. The maximum atomic E-state index is 12.0. The Morgan fingerprint density at radius 2 is 1.70 bits per heavy atom. The molecule has 0 heterocycles. The van der Waals surface area contributed by atoms with E-state index in [1.807, 2.05) is 45.0 Å². The lowest BCUT2D eigenvalue weighted by atomic mass is 10.1. The van der Waals surface area contributed by atoms with Crippen molar-refractivity contribution in [1.82, 2.24) is 0 Å². The van der Waals surface area contributed by atoms with E-state index in [4.69, 9.17) is 0 Å². The molecule has 0 atom stereocenters. The second-order valence-electron chi connectivity index (χ2n) is 5.16. The summed E-state index contributed by atoms with van der Waals surface area (Å²) in [6.45, 7) is 5.69. The molecular weight excluding hydrogens is 250 g/mol. The molecule has 1 amide bonds. The summed E-state index contributed by atoms with van der Waals surface area (Å²) >= 11 is 0.